The van der Waals surface area contributed by atoms with E-state index in [4.69, 9.17) is 0 Å². The highest BCUT2D eigenvalue weighted by Crippen LogP contribution is 2.15. The lowest BCUT2D eigenvalue weighted by Gasteiger charge is -2.07. The van der Waals surface area contributed by atoms with Gasteiger partial charge in [0.2, 0.25) is 0 Å². The van der Waals surface area contributed by atoms with Crippen LogP contribution in [0.25, 0.3) is 5.69 Å². The first-order chi connectivity index (χ1) is 8.16. The first-order valence-corrected chi connectivity index (χ1v) is 5.49. The van der Waals surface area contributed by atoms with Crippen LogP contribution in [-0.4, -0.2) is 14.5 Å². The minimum Gasteiger partial charge on any atom is -0.283 e. The van der Waals surface area contributed by atoms with E-state index in [-0.39, 0.29) is 5.56 Å². The number of benzene rings is 1. The summed E-state index contributed by atoms with van der Waals surface area (Å²) in [5.41, 5.74) is 1.71. The van der Waals surface area contributed by atoms with E-state index in [0.717, 1.165) is 11.4 Å². The Morgan fingerprint density at radius 2 is 1.94 bits per heavy atom. The van der Waals surface area contributed by atoms with Gasteiger partial charge in [0.15, 0.2) is 5.69 Å². The largest absolute Gasteiger partial charge is 0.298 e. The molecule has 0 aliphatic rings. The molecule has 0 amide bonds. The third kappa shape index (κ3) is 1.86. The van der Waals surface area contributed by atoms with Gasteiger partial charge >= 0.3 is 0 Å². The van der Waals surface area contributed by atoms with E-state index in [2.05, 4.69) is 22.4 Å². The number of hydrogen-bond acceptors (Lipinski definition) is 3. The van der Waals surface area contributed by atoms with Gasteiger partial charge in [-0.3, -0.25) is 9.48 Å². The van der Waals surface area contributed by atoms with Crippen LogP contribution in [-0.2, 0) is 7.05 Å². The van der Waals surface area contributed by atoms with Crippen molar-refractivity contribution < 1.29 is 0 Å². The number of rotatable bonds is 2. The fourth-order valence-corrected chi connectivity index (χ4v) is 1.82. The molecular formula is C12H11N3OS. The Bertz CT molecular complexity index is 648. The van der Waals surface area contributed by atoms with Gasteiger partial charge in [0.05, 0.1) is 16.5 Å². The molecule has 0 spiro atoms. The number of aliphatic imine (C=N–C) groups is 1. The molecule has 0 aliphatic heterocycles. The molecule has 5 heteroatoms. The maximum absolute atomic E-state index is 12.2. The topological polar surface area (TPSA) is 39.3 Å². The Morgan fingerprint density at radius 1 is 1.29 bits per heavy atom. The van der Waals surface area contributed by atoms with Crippen LogP contribution in [0.5, 0.6) is 0 Å². The lowest BCUT2D eigenvalue weighted by molar-refractivity contribution is 0.630. The van der Waals surface area contributed by atoms with E-state index in [1.165, 1.54) is 0 Å². The van der Waals surface area contributed by atoms with E-state index in [0.29, 0.717) is 5.69 Å². The summed E-state index contributed by atoms with van der Waals surface area (Å²) in [7, 11) is 1.81. The summed E-state index contributed by atoms with van der Waals surface area (Å²) in [4.78, 5) is 16.0. The first kappa shape index (κ1) is 11.5. The van der Waals surface area contributed by atoms with E-state index in [1.54, 1.807) is 9.36 Å². The lowest BCUT2D eigenvalue weighted by atomic mass is 10.3. The summed E-state index contributed by atoms with van der Waals surface area (Å²) in [6.07, 6.45) is 0. The van der Waals surface area contributed by atoms with E-state index in [1.807, 2.05) is 44.3 Å². The van der Waals surface area contributed by atoms with E-state index < -0.39 is 0 Å². The second-order valence-electron chi connectivity index (χ2n) is 3.61. The number of thiocarbonyl (C=S) groups is 1. The zero-order valence-electron chi connectivity index (χ0n) is 9.54. The van der Waals surface area contributed by atoms with Crippen molar-refractivity contribution in [2.45, 2.75) is 6.92 Å². The van der Waals surface area contributed by atoms with Crippen molar-refractivity contribution in [1.29, 1.82) is 0 Å². The maximum atomic E-state index is 12.2. The number of para-hydroxylation sites is 1. The third-order valence-electron chi connectivity index (χ3n) is 2.68. The molecule has 0 atom stereocenters. The molecule has 1 aromatic heterocycles. The Morgan fingerprint density at radius 3 is 2.53 bits per heavy atom. The third-order valence-corrected chi connectivity index (χ3v) is 2.77. The number of aromatic nitrogens is 2. The molecule has 1 aromatic carbocycles. The number of nitrogens with zero attached hydrogens (tertiary/aromatic N) is 3. The highest BCUT2D eigenvalue weighted by molar-refractivity contribution is 7.78. The van der Waals surface area contributed by atoms with Gasteiger partial charge in [-0.05, 0) is 31.3 Å². The highest BCUT2D eigenvalue weighted by Gasteiger charge is 2.14. The Hall–Kier alpha value is -1.97. The molecule has 1 heterocycles. The molecule has 2 aromatic rings. The summed E-state index contributed by atoms with van der Waals surface area (Å²) in [6.45, 7) is 1.83. The molecule has 86 valence electrons. The van der Waals surface area contributed by atoms with Crippen LogP contribution >= 0.6 is 12.2 Å². The quantitative estimate of drug-likeness (QED) is 0.601. The minimum absolute atomic E-state index is 0.187. The normalized spacial score (nSPS) is 10.0. The van der Waals surface area contributed by atoms with Crippen LogP contribution in [0.2, 0.25) is 0 Å². The molecule has 4 nitrogen and oxygen atoms in total. The van der Waals surface area contributed by atoms with Gasteiger partial charge in [-0.15, -0.1) is 0 Å². The van der Waals surface area contributed by atoms with Gasteiger partial charge in [0.25, 0.3) is 5.56 Å². The van der Waals surface area contributed by atoms with Crippen molar-refractivity contribution in [2.75, 3.05) is 0 Å². The predicted octanol–water partition coefficient (Wildman–Crippen LogP) is 2.22. The monoisotopic (exact) mass is 245 g/mol. The molecule has 0 radical (unpaired) electrons. The van der Waals surface area contributed by atoms with Crippen LogP contribution in [0.1, 0.15) is 5.69 Å². The molecule has 0 unspecified atom stereocenters. The molecule has 2 rings (SSSR count). The SMILES string of the molecule is Cc1c(N=C=S)c(=O)n(-c2ccccc2)n1C. The summed E-state index contributed by atoms with van der Waals surface area (Å²) < 4.78 is 3.31. The van der Waals surface area contributed by atoms with Crippen molar-refractivity contribution in [3.05, 3.63) is 46.4 Å². The number of isothiocyanates is 1. The molecule has 0 saturated carbocycles. The Labute approximate surface area is 104 Å². The summed E-state index contributed by atoms with van der Waals surface area (Å²) >= 11 is 4.55. The second kappa shape index (κ2) is 4.49. The summed E-state index contributed by atoms with van der Waals surface area (Å²) in [5, 5.41) is 2.24. The summed E-state index contributed by atoms with van der Waals surface area (Å²) in [5.74, 6) is 0. The fraction of sp³-hybridized carbons (Fsp3) is 0.167. The maximum Gasteiger partial charge on any atom is 0.298 e. The molecule has 17 heavy (non-hydrogen) atoms. The average Bonchev–Trinajstić information content (AvgIpc) is 2.55. The van der Waals surface area contributed by atoms with Crippen molar-refractivity contribution in [3.8, 4) is 5.69 Å². The van der Waals surface area contributed by atoms with Gasteiger partial charge < -0.3 is 0 Å². The van der Waals surface area contributed by atoms with Crippen LogP contribution in [0.15, 0.2) is 40.1 Å². The molecule has 0 N–H and O–H groups in total. The van der Waals surface area contributed by atoms with Crippen LogP contribution < -0.4 is 5.56 Å². The molecule has 0 aliphatic carbocycles. The molecule has 0 bridgehead atoms. The Balaban J connectivity index is 2.77. The van der Waals surface area contributed by atoms with Crippen molar-refractivity contribution in [1.82, 2.24) is 9.36 Å². The minimum atomic E-state index is -0.187. The summed E-state index contributed by atoms with van der Waals surface area (Å²) in [6, 6.07) is 9.40. The van der Waals surface area contributed by atoms with Crippen LogP contribution in [0.4, 0.5) is 5.69 Å². The predicted molar refractivity (Wildman–Crippen MR) is 70.4 cm³/mol. The smallest absolute Gasteiger partial charge is 0.283 e. The van der Waals surface area contributed by atoms with Crippen molar-refractivity contribution in [2.24, 2.45) is 12.0 Å². The molecule has 0 fully saturated rings. The average molecular weight is 245 g/mol. The van der Waals surface area contributed by atoms with E-state index in [9.17, 15) is 4.79 Å². The van der Waals surface area contributed by atoms with Crippen molar-refractivity contribution >= 4 is 23.1 Å². The molecular weight excluding hydrogens is 234 g/mol. The van der Waals surface area contributed by atoms with Crippen LogP contribution in [0.3, 0.4) is 0 Å². The van der Waals surface area contributed by atoms with Gasteiger partial charge in [-0.25, -0.2) is 4.68 Å². The highest BCUT2D eigenvalue weighted by atomic mass is 32.1. The zero-order valence-corrected chi connectivity index (χ0v) is 10.4. The number of hydrogen-bond donors (Lipinski definition) is 0. The van der Waals surface area contributed by atoms with E-state index >= 15 is 0 Å². The van der Waals surface area contributed by atoms with Gasteiger partial charge in [0.1, 0.15) is 0 Å². The fourth-order valence-electron chi connectivity index (χ4n) is 1.73. The van der Waals surface area contributed by atoms with Crippen molar-refractivity contribution in [3.63, 3.8) is 0 Å². The first-order valence-electron chi connectivity index (χ1n) is 5.08. The Kier molecular flexibility index (Phi) is 3.04. The van der Waals surface area contributed by atoms with Gasteiger partial charge in [0, 0.05) is 7.05 Å². The standard InChI is InChI=1S/C12H11N3OS/c1-9-11(13-8-17)12(16)15(14(9)2)10-6-4-3-5-7-10/h3-7H,1-2H3. The molecule has 0 saturated heterocycles. The van der Waals surface area contributed by atoms with Gasteiger partial charge in [-0.2, -0.15) is 4.99 Å². The lowest BCUT2D eigenvalue weighted by Crippen LogP contribution is -2.19. The van der Waals surface area contributed by atoms with Gasteiger partial charge in [-0.1, -0.05) is 18.2 Å². The zero-order chi connectivity index (χ0) is 12.4. The van der Waals surface area contributed by atoms with Crippen LogP contribution in [0, 0.1) is 6.92 Å². The second-order valence-corrected chi connectivity index (χ2v) is 3.80.